The molecule has 0 unspecified atom stereocenters. The normalized spacial score (nSPS) is 10.8. The second-order valence-corrected chi connectivity index (χ2v) is 4.48. The molecule has 0 saturated carbocycles. The van der Waals surface area contributed by atoms with Crippen LogP contribution in [0, 0.1) is 10.1 Å². The zero-order chi connectivity index (χ0) is 13.8. The summed E-state index contributed by atoms with van der Waals surface area (Å²) in [6, 6.07) is 6.92. The molecule has 1 heterocycles. The van der Waals surface area contributed by atoms with Crippen LogP contribution in [-0.2, 0) is 11.3 Å². The van der Waals surface area contributed by atoms with E-state index in [9.17, 15) is 14.9 Å². The number of benzene rings is 1. The number of carbonyl (C=O) groups is 1. The van der Waals surface area contributed by atoms with E-state index in [-0.39, 0.29) is 16.4 Å². The zero-order valence-electron chi connectivity index (χ0n) is 10.8. The molecule has 0 aliphatic rings. The van der Waals surface area contributed by atoms with Crippen LogP contribution in [0.1, 0.15) is 26.2 Å². The van der Waals surface area contributed by atoms with Gasteiger partial charge in [0, 0.05) is 37.0 Å². The Bertz CT molecular complexity index is 616. The van der Waals surface area contributed by atoms with E-state index in [4.69, 9.17) is 0 Å². The number of aryl methyl sites for hydroxylation is 1. The van der Waals surface area contributed by atoms with Crippen molar-refractivity contribution in [1.29, 1.82) is 0 Å². The molecule has 2 rings (SSSR count). The minimum atomic E-state index is -0.365. The quantitative estimate of drug-likeness (QED) is 0.591. The van der Waals surface area contributed by atoms with Crippen molar-refractivity contribution in [2.45, 2.75) is 32.7 Å². The number of ketones is 1. The number of non-ortho nitro benzene ring substituents is 1. The highest BCUT2D eigenvalue weighted by atomic mass is 16.6. The van der Waals surface area contributed by atoms with Gasteiger partial charge in [-0.2, -0.15) is 0 Å². The van der Waals surface area contributed by atoms with Gasteiger partial charge in [-0.25, -0.2) is 0 Å². The molecule has 0 N–H and O–H groups in total. The first-order valence-corrected chi connectivity index (χ1v) is 6.37. The SMILES string of the molecule is CCC(=O)CCCn1ccc2cccc([N+](=O)[O-])c21. The van der Waals surface area contributed by atoms with Crippen LogP contribution in [0.2, 0.25) is 0 Å². The van der Waals surface area contributed by atoms with Gasteiger partial charge in [0.1, 0.15) is 11.3 Å². The molecule has 0 amide bonds. The van der Waals surface area contributed by atoms with Gasteiger partial charge >= 0.3 is 0 Å². The molecule has 0 bridgehead atoms. The van der Waals surface area contributed by atoms with Gasteiger partial charge in [-0.1, -0.05) is 19.1 Å². The number of nitrogens with zero attached hydrogens (tertiary/aromatic N) is 2. The topological polar surface area (TPSA) is 65.1 Å². The summed E-state index contributed by atoms with van der Waals surface area (Å²) in [5, 5.41) is 11.9. The van der Waals surface area contributed by atoms with E-state index in [1.807, 2.05) is 29.8 Å². The summed E-state index contributed by atoms with van der Waals surface area (Å²) >= 11 is 0. The van der Waals surface area contributed by atoms with Crippen LogP contribution in [0.3, 0.4) is 0 Å². The summed E-state index contributed by atoms with van der Waals surface area (Å²) in [5.74, 6) is 0.228. The monoisotopic (exact) mass is 260 g/mol. The summed E-state index contributed by atoms with van der Waals surface area (Å²) in [6.07, 6.45) is 3.62. The van der Waals surface area contributed by atoms with Crippen molar-refractivity contribution in [1.82, 2.24) is 4.57 Å². The smallest absolute Gasteiger partial charge is 0.293 e. The summed E-state index contributed by atoms with van der Waals surface area (Å²) < 4.78 is 1.86. The lowest BCUT2D eigenvalue weighted by molar-refractivity contribution is -0.383. The van der Waals surface area contributed by atoms with Crippen LogP contribution in [0.5, 0.6) is 0 Å². The fraction of sp³-hybridized carbons (Fsp3) is 0.357. The Hall–Kier alpha value is -2.17. The Morgan fingerprint density at radius 2 is 2.16 bits per heavy atom. The molecule has 0 radical (unpaired) electrons. The van der Waals surface area contributed by atoms with E-state index in [0.717, 1.165) is 5.39 Å². The lowest BCUT2D eigenvalue weighted by Crippen LogP contribution is -2.02. The third kappa shape index (κ3) is 2.81. The molecule has 5 heteroatoms. The standard InChI is InChI=1S/C14H16N2O3/c1-2-12(17)6-4-9-15-10-8-11-5-3-7-13(14(11)15)16(18)19/h3,5,7-8,10H,2,4,6,9H2,1H3. The van der Waals surface area contributed by atoms with Crippen LogP contribution in [0.25, 0.3) is 10.9 Å². The molecular weight excluding hydrogens is 244 g/mol. The van der Waals surface area contributed by atoms with Gasteiger partial charge in [-0.05, 0) is 12.5 Å². The fourth-order valence-corrected chi connectivity index (χ4v) is 2.20. The summed E-state index contributed by atoms with van der Waals surface area (Å²) in [7, 11) is 0. The molecule has 19 heavy (non-hydrogen) atoms. The maximum Gasteiger partial charge on any atom is 0.293 e. The third-order valence-electron chi connectivity index (χ3n) is 3.21. The van der Waals surface area contributed by atoms with Gasteiger partial charge in [0.15, 0.2) is 0 Å². The highest BCUT2D eigenvalue weighted by Crippen LogP contribution is 2.26. The highest BCUT2D eigenvalue weighted by Gasteiger charge is 2.15. The molecule has 0 atom stereocenters. The van der Waals surface area contributed by atoms with Crippen molar-refractivity contribution in [2.24, 2.45) is 0 Å². The van der Waals surface area contributed by atoms with Crippen molar-refractivity contribution >= 4 is 22.4 Å². The van der Waals surface area contributed by atoms with Gasteiger partial charge in [-0.3, -0.25) is 14.9 Å². The largest absolute Gasteiger partial charge is 0.342 e. The van der Waals surface area contributed by atoms with Gasteiger partial charge in [-0.15, -0.1) is 0 Å². The number of para-hydroxylation sites is 1. The predicted molar refractivity (Wildman–Crippen MR) is 73.1 cm³/mol. The molecule has 0 aliphatic carbocycles. The van der Waals surface area contributed by atoms with Crippen LogP contribution < -0.4 is 0 Å². The molecule has 0 fully saturated rings. The second-order valence-electron chi connectivity index (χ2n) is 4.48. The van der Waals surface area contributed by atoms with Crippen molar-refractivity contribution in [3.05, 3.63) is 40.6 Å². The number of fused-ring (bicyclic) bond motifs is 1. The lowest BCUT2D eigenvalue weighted by atomic mass is 10.2. The van der Waals surface area contributed by atoms with Crippen molar-refractivity contribution < 1.29 is 9.72 Å². The minimum Gasteiger partial charge on any atom is -0.342 e. The maximum absolute atomic E-state index is 11.3. The Balaban J connectivity index is 2.24. The Morgan fingerprint density at radius 3 is 2.84 bits per heavy atom. The Kier molecular flexibility index (Phi) is 3.94. The van der Waals surface area contributed by atoms with E-state index < -0.39 is 0 Å². The molecule has 100 valence electrons. The number of aromatic nitrogens is 1. The third-order valence-corrected chi connectivity index (χ3v) is 3.21. The van der Waals surface area contributed by atoms with Gasteiger partial charge in [0.05, 0.1) is 4.92 Å². The molecular formula is C14H16N2O3. The maximum atomic E-state index is 11.3. The molecule has 0 spiro atoms. The molecule has 1 aromatic carbocycles. The highest BCUT2D eigenvalue weighted by molar-refractivity contribution is 5.88. The fourth-order valence-electron chi connectivity index (χ4n) is 2.20. The van der Waals surface area contributed by atoms with E-state index in [1.165, 1.54) is 6.07 Å². The van der Waals surface area contributed by atoms with Gasteiger partial charge in [0.25, 0.3) is 5.69 Å². The predicted octanol–water partition coefficient (Wildman–Crippen LogP) is 3.31. The molecule has 2 aromatic rings. The average molecular weight is 260 g/mol. The van der Waals surface area contributed by atoms with E-state index in [0.29, 0.717) is 31.3 Å². The first-order chi connectivity index (χ1) is 9.13. The zero-order valence-corrected chi connectivity index (χ0v) is 10.8. The van der Waals surface area contributed by atoms with E-state index in [2.05, 4.69) is 0 Å². The number of nitro groups is 1. The Morgan fingerprint density at radius 1 is 1.37 bits per heavy atom. The Labute approximate surface area is 111 Å². The van der Waals surface area contributed by atoms with Crippen molar-refractivity contribution in [3.8, 4) is 0 Å². The van der Waals surface area contributed by atoms with E-state index >= 15 is 0 Å². The molecule has 5 nitrogen and oxygen atoms in total. The molecule has 1 aromatic heterocycles. The van der Waals surface area contributed by atoms with Crippen molar-refractivity contribution in [3.63, 3.8) is 0 Å². The van der Waals surface area contributed by atoms with Crippen LogP contribution in [-0.4, -0.2) is 15.3 Å². The lowest BCUT2D eigenvalue weighted by Gasteiger charge is -2.05. The van der Waals surface area contributed by atoms with Gasteiger partial charge < -0.3 is 4.57 Å². The number of hydrogen-bond donors (Lipinski definition) is 0. The summed E-state index contributed by atoms with van der Waals surface area (Å²) in [5.41, 5.74) is 0.751. The molecule has 0 saturated heterocycles. The summed E-state index contributed by atoms with van der Waals surface area (Å²) in [4.78, 5) is 21.9. The van der Waals surface area contributed by atoms with Crippen LogP contribution in [0.15, 0.2) is 30.5 Å². The first kappa shape index (κ1) is 13.3. The first-order valence-electron chi connectivity index (χ1n) is 6.37. The van der Waals surface area contributed by atoms with Crippen LogP contribution in [0.4, 0.5) is 5.69 Å². The number of Topliss-reactive ketones (excluding diaryl/α,β-unsaturated/α-hetero) is 1. The number of nitro benzene ring substituents is 1. The van der Waals surface area contributed by atoms with Gasteiger partial charge in [0.2, 0.25) is 0 Å². The minimum absolute atomic E-state index is 0.115. The van der Waals surface area contributed by atoms with Crippen LogP contribution >= 0.6 is 0 Å². The number of carbonyl (C=O) groups excluding carboxylic acids is 1. The summed E-state index contributed by atoms with van der Waals surface area (Å²) in [6.45, 7) is 2.47. The second kappa shape index (κ2) is 5.65. The average Bonchev–Trinajstić information content (AvgIpc) is 2.81. The molecule has 0 aliphatic heterocycles. The van der Waals surface area contributed by atoms with E-state index in [1.54, 1.807) is 6.07 Å². The van der Waals surface area contributed by atoms with Crippen molar-refractivity contribution in [2.75, 3.05) is 0 Å². The number of rotatable bonds is 6. The number of hydrogen-bond acceptors (Lipinski definition) is 3.